The van der Waals surface area contributed by atoms with Crippen LogP contribution in [0.5, 0.6) is 0 Å². The maximum Gasteiger partial charge on any atom is 0.243 e. The van der Waals surface area contributed by atoms with Gasteiger partial charge in [0.15, 0.2) is 0 Å². The lowest BCUT2D eigenvalue weighted by atomic mass is 10.1. The summed E-state index contributed by atoms with van der Waals surface area (Å²) >= 11 is 0. The van der Waals surface area contributed by atoms with Gasteiger partial charge >= 0.3 is 0 Å². The van der Waals surface area contributed by atoms with Gasteiger partial charge in [0.25, 0.3) is 0 Å². The van der Waals surface area contributed by atoms with E-state index in [1.807, 2.05) is 24.3 Å². The van der Waals surface area contributed by atoms with E-state index in [1.54, 1.807) is 6.08 Å². The van der Waals surface area contributed by atoms with Crippen LogP contribution >= 0.6 is 0 Å². The van der Waals surface area contributed by atoms with Gasteiger partial charge in [-0.2, -0.15) is 0 Å². The Labute approximate surface area is 122 Å². The molecule has 0 aliphatic rings. The van der Waals surface area contributed by atoms with E-state index in [-0.39, 0.29) is 5.91 Å². The number of benzene rings is 1. The summed E-state index contributed by atoms with van der Waals surface area (Å²) in [6.07, 6.45) is 7.62. The Morgan fingerprint density at radius 1 is 1.20 bits per heavy atom. The van der Waals surface area contributed by atoms with E-state index >= 15 is 0 Å². The summed E-state index contributed by atoms with van der Waals surface area (Å²) in [6, 6.07) is 10.3. The van der Waals surface area contributed by atoms with E-state index in [0.717, 1.165) is 19.4 Å². The summed E-state index contributed by atoms with van der Waals surface area (Å²) < 4.78 is 0. The summed E-state index contributed by atoms with van der Waals surface area (Å²) in [6.45, 7) is 7.02. The molecule has 0 aliphatic heterocycles. The van der Waals surface area contributed by atoms with Crippen molar-refractivity contribution in [2.24, 2.45) is 5.92 Å². The summed E-state index contributed by atoms with van der Waals surface area (Å²) in [5, 5.41) is 2.87. The second-order valence-electron chi connectivity index (χ2n) is 5.37. The van der Waals surface area contributed by atoms with Crippen molar-refractivity contribution < 1.29 is 4.79 Å². The van der Waals surface area contributed by atoms with Gasteiger partial charge in [0, 0.05) is 6.54 Å². The van der Waals surface area contributed by atoms with Crippen LogP contribution in [0.1, 0.15) is 39.2 Å². The van der Waals surface area contributed by atoms with Crippen molar-refractivity contribution in [1.82, 2.24) is 5.32 Å². The molecule has 2 heteroatoms. The SMILES string of the molecule is CC(=CCCC=CC(=O)NCC(C)C)c1ccccc1. The first-order valence-corrected chi connectivity index (χ1v) is 7.26. The molecule has 1 amide bonds. The van der Waals surface area contributed by atoms with Gasteiger partial charge in [-0.05, 0) is 42.9 Å². The number of amides is 1. The Balaban J connectivity index is 2.29. The minimum atomic E-state index is 0.00228. The molecule has 0 saturated heterocycles. The summed E-state index contributed by atoms with van der Waals surface area (Å²) in [7, 11) is 0. The van der Waals surface area contributed by atoms with E-state index in [2.05, 4.69) is 44.3 Å². The molecule has 0 aromatic heterocycles. The molecule has 0 fully saturated rings. The maximum absolute atomic E-state index is 11.5. The Morgan fingerprint density at radius 3 is 2.55 bits per heavy atom. The first-order valence-electron chi connectivity index (χ1n) is 7.26. The molecule has 0 aliphatic carbocycles. The van der Waals surface area contributed by atoms with E-state index in [0.29, 0.717) is 5.92 Å². The minimum absolute atomic E-state index is 0.00228. The topological polar surface area (TPSA) is 29.1 Å². The molecular formula is C18H25NO. The van der Waals surface area contributed by atoms with Crippen molar-refractivity contribution in [3.63, 3.8) is 0 Å². The van der Waals surface area contributed by atoms with Crippen LogP contribution in [-0.4, -0.2) is 12.5 Å². The highest BCUT2D eigenvalue weighted by Gasteiger charge is 1.96. The van der Waals surface area contributed by atoms with E-state index in [1.165, 1.54) is 11.1 Å². The van der Waals surface area contributed by atoms with Crippen molar-refractivity contribution in [2.45, 2.75) is 33.6 Å². The molecule has 1 aromatic carbocycles. The normalized spacial score (nSPS) is 12.1. The minimum Gasteiger partial charge on any atom is -0.352 e. The molecule has 1 aromatic rings. The first kappa shape index (κ1) is 16.2. The number of unbranched alkanes of at least 4 members (excludes halogenated alkanes) is 1. The summed E-state index contributed by atoms with van der Waals surface area (Å²) in [5.74, 6) is 0.492. The van der Waals surface area contributed by atoms with Crippen LogP contribution in [0.2, 0.25) is 0 Å². The van der Waals surface area contributed by atoms with Crippen LogP contribution in [-0.2, 0) is 4.79 Å². The molecule has 0 heterocycles. The standard InChI is InChI=1S/C18H25NO/c1-15(2)14-19-18(20)13-9-4-6-10-16(3)17-11-7-5-8-12-17/h5,7-13,15H,4,6,14H2,1-3H3,(H,19,20). The fourth-order valence-electron chi connectivity index (χ4n) is 1.77. The molecule has 0 radical (unpaired) electrons. The highest BCUT2D eigenvalue weighted by atomic mass is 16.1. The highest BCUT2D eigenvalue weighted by molar-refractivity contribution is 5.87. The molecule has 0 spiro atoms. The molecule has 0 unspecified atom stereocenters. The van der Waals surface area contributed by atoms with Crippen LogP contribution in [0.25, 0.3) is 5.57 Å². The Kier molecular flexibility index (Phi) is 7.41. The van der Waals surface area contributed by atoms with Crippen molar-refractivity contribution in [2.75, 3.05) is 6.54 Å². The Morgan fingerprint density at radius 2 is 1.90 bits per heavy atom. The Bertz CT molecular complexity index is 458. The highest BCUT2D eigenvalue weighted by Crippen LogP contribution is 2.13. The lowest BCUT2D eigenvalue weighted by Crippen LogP contribution is -2.25. The van der Waals surface area contributed by atoms with Gasteiger partial charge in [0.2, 0.25) is 5.91 Å². The van der Waals surface area contributed by atoms with Crippen molar-refractivity contribution in [1.29, 1.82) is 0 Å². The van der Waals surface area contributed by atoms with E-state index in [9.17, 15) is 4.79 Å². The van der Waals surface area contributed by atoms with Gasteiger partial charge in [-0.3, -0.25) is 4.79 Å². The van der Waals surface area contributed by atoms with E-state index in [4.69, 9.17) is 0 Å². The van der Waals surface area contributed by atoms with Gasteiger partial charge in [-0.25, -0.2) is 0 Å². The third-order valence-corrected chi connectivity index (χ3v) is 2.97. The monoisotopic (exact) mass is 271 g/mol. The van der Waals surface area contributed by atoms with Crippen LogP contribution in [0.4, 0.5) is 0 Å². The fraction of sp³-hybridized carbons (Fsp3) is 0.389. The number of hydrogen-bond acceptors (Lipinski definition) is 1. The quantitative estimate of drug-likeness (QED) is 0.584. The number of hydrogen-bond donors (Lipinski definition) is 1. The molecular weight excluding hydrogens is 246 g/mol. The van der Waals surface area contributed by atoms with Gasteiger partial charge in [-0.15, -0.1) is 0 Å². The zero-order valence-electron chi connectivity index (χ0n) is 12.7. The summed E-state index contributed by atoms with van der Waals surface area (Å²) in [5.41, 5.74) is 2.54. The molecule has 1 rings (SSSR count). The molecule has 1 N–H and O–H groups in total. The first-order chi connectivity index (χ1) is 9.59. The largest absolute Gasteiger partial charge is 0.352 e. The average Bonchev–Trinajstić information content (AvgIpc) is 2.45. The number of nitrogens with one attached hydrogen (secondary N) is 1. The van der Waals surface area contributed by atoms with Crippen molar-refractivity contribution in [3.8, 4) is 0 Å². The second-order valence-corrected chi connectivity index (χ2v) is 5.37. The van der Waals surface area contributed by atoms with Gasteiger partial charge < -0.3 is 5.32 Å². The Hall–Kier alpha value is -1.83. The van der Waals surface area contributed by atoms with E-state index < -0.39 is 0 Å². The number of allylic oxidation sites excluding steroid dienone is 3. The van der Waals surface area contributed by atoms with Crippen molar-refractivity contribution in [3.05, 3.63) is 54.1 Å². The smallest absolute Gasteiger partial charge is 0.243 e. The third-order valence-electron chi connectivity index (χ3n) is 2.97. The van der Waals surface area contributed by atoms with Crippen LogP contribution in [0.3, 0.4) is 0 Å². The van der Waals surface area contributed by atoms with Crippen molar-refractivity contribution >= 4 is 11.5 Å². The molecule has 108 valence electrons. The van der Waals surface area contributed by atoms with Crippen LogP contribution in [0.15, 0.2) is 48.6 Å². The molecule has 0 bridgehead atoms. The van der Waals surface area contributed by atoms with Gasteiger partial charge in [0.05, 0.1) is 0 Å². The molecule has 20 heavy (non-hydrogen) atoms. The predicted octanol–water partition coefficient (Wildman–Crippen LogP) is 4.20. The van der Waals surface area contributed by atoms with Crippen LogP contribution in [0, 0.1) is 5.92 Å². The maximum atomic E-state index is 11.5. The molecule has 0 saturated carbocycles. The number of rotatable bonds is 7. The van der Waals surface area contributed by atoms with Crippen LogP contribution < -0.4 is 5.32 Å². The zero-order chi connectivity index (χ0) is 14.8. The zero-order valence-corrected chi connectivity index (χ0v) is 12.7. The molecule has 0 atom stereocenters. The second kappa shape index (κ2) is 9.13. The predicted molar refractivity (Wildman–Crippen MR) is 86.3 cm³/mol. The average molecular weight is 271 g/mol. The number of carbonyl (C=O) groups excluding carboxylic acids is 1. The van der Waals surface area contributed by atoms with Gasteiger partial charge in [0.1, 0.15) is 0 Å². The lowest BCUT2D eigenvalue weighted by Gasteiger charge is -2.04. The number of carbonyl (C=O) groups is 1. The summed E-state index contributed by atoms with van der Waals surface area (Å²) in [4.78, 5) is 11.5. The molecule has 2 nitrogen and oxygen atoms in total. The fourth-order valence-corrected chi connectivity index (χ4v) is 1.77. The van der Waals surface area contributed by atoms with Gasteiger partial charge in [-0.1, -0.05) is 56.3 Å². The lowest BCUT2D eigenvalue weighted by molar-refractivity contribution is -0.116. The third kappa shape index (κ3) is 6.93.